The Labute approximate surface area is 165 Å². The van der Waals surface area contributed by atoms with Crippen LogP contribution in [-0.2, 0) is 4.79 Å². The number of hydrogen-bond acceptors (Lipinski definition) is 4. The predicted molar refractivity (Wildman–Crippen MR) is 106 cm³/mol. The van der Waals surface area contributed by atoms with E-state index < -0.39 is 0 Å². The maximum atomic E-state index is 12.4. The highest BCUT2D eigenvalue weighted by molar-refractivity contribution is 6.31. The zero-order chi connectivity index (χ0) is 19.2. The summed E-state index contributed by atoms with van der Waals surface area (Å²) in [5, 5.41) is 0.507. The third kappa shape index (κ3) is 5.36. The zero-order valence-electron chi connectivity index (χ0n) is 15.7. The molecule has 1 aliphatic heterocycles. The molecule has 0 unspecified atom stereocenters. The maximum Gasteiger partial charge on any atom is 0.260 e. The van der Waals surface area contributed by atoms with Crippen LogP contribution in [0.15, 0.2) is 42.7 Å². The van der Waals surface area contributed by atoms with E-state index in [1.54, 1.807) is 18.5 Å². The Morgan fingerprint density at radius 1 is 1.22 bits per heavy atom. The number of aromatic nitrogens is 1. The van der Waals surface area contributed by atoms with Gasteiger partial charge in [-0.25, -0.2) is 0 Å². The number of benzene rings is 1. The number of carbonyl (C=O) groups excluding carboxylic acids is 1. The molecule has 0 radical (unpaired) electrons. The average Bonchev–Trinajstić information content (AvgIpc) is 2.69. The molecule has 1 aliphatic rings. The van der Waals surface area contributed by atoms with E-state index in [1.165, 1.54) is 5.56 Å². The molecule has 0 bridgehead atoms. The van der Waals surface area contributed by atoms with Crippen molar-refractivity contribution in [2.45, 2.75) is 38.7 Å². The molecule has 0 atom stereocenters. The summed E-state index contributed by atoms with van der Waals surface area (Å²) in [6.07, 6.45) is 4.82. The Balaban J connectivity index is 1.43. The lowest BCUT2D eigenvalue weighted by atomic mass is 10.0. The fourth-order valence-corrected chi connectivity index (χ4v) is 3.21. The molecule has 1 amide bonds. The predicted octanol–water partition coefficient (Wildman–Crippen LogP) is 4.31. The molecule has 0 aliphatic carbocycles. The molecule has 1 aromatic carbocycles. The number of piperidine rings is 1. The van der Waals surface area contributed by atoms with Crippen molar-refractivity contribution in [1.82, 2.24) is 9.88 Å². The van der Waals surface area contributed by atoms with Gasteiger partial charge in [-0.15, -0.1) is 0 Å². The standard InChI is InChI=1S/C21H25ClN2O3/c1-15(2)16-3-5-17(6-4-16)26-14-21(25)24-11-8-18(9-12-24)27-20-7-10-23-13-19(20)22/h3-7,10,13,15,18H,8-9,11-12,14H2,1-2H3. The van der Waals surface area contributed by atoms with Crippen LogP contribution in [0.5, 0.6) is 11.5 Å². The highest BCUT2D eigenvalue weighted by Crippen LogP contribution is 2.26. The number of ether oxygens (including phenoxy) is 2. The van der Waals surface area contributed by atoms with Crippen LogP contribution in [0.3, 0.4) is 0 Å². The Morgan fingerprint density at radius 2 is 1.93 bits per heavy atom. The first-order valence-electron chi connectivity index (χ1n) is 9.29. The second kappa shape index (κ2) is 9.09. The largest absolute Gasteiger partial charge is 0.489 e. The van der Waals surface area contributed by atoms with Gasteiger partial charge in [0, 0.05) is 44.4 Å². The second-order valence-electron chi connectivity index (χ2n) is 7.02. The van der Waals surface area contributed by atoms with Crippen molar-refractivity contribution in [3.8, 4) is 11.5 Å². The first-order chi connectivity index (χ1) is 13.0. The smallest absolute Gasteiger partial charge is 0.260 e. The van der Waals surface area contributed by atoms with E-state index >= 15 is 0 Å². The lowest BCUT2D eigenvalue weighted by Crippen LogP contribution is -2.43. The number of carbonyl (C=O) groups is 1. The van der Waals surface area contributed by atoms with Crippen LogP contribution in [0.1, 0.15) is 38.2 Å². The fraction of sp³-hybridized carbons (Fsp3) is 0.429. The Morgan fingerprint density at radius 3 is 2.56 bits per heavy atom. The van der Waals surface area contributed by atoms with Gasteiger partial charge in [-0.2, -0.15) is 0 Å². The molecule has 1 saturated heterocycles. The van der Waals surface area contributed by atoms with Crippen LogP contribution in [0.4, 0.5) is 0 Å². The van der Waals surface area contributed by atoms with E-state index in [0.717, 1.165) is 18.6 Å². The van der Waals surface area contributed by atoms with E-state index in [4.69, 9.17) is 21.1 Å². The molecule has 2 heterocycles. The van der Waals surface area contributed by atoms with E-state index in [9.17, 15) is 4.79 Å². The molecule has 1 aromatic heterocycles. The van der Waals surface area contributed by atoms with Crippen molar-refractivity contribution in [1.29, 1.82) is 0 Å². The van der Waals surface area contributed by atoms with Crippen LogP contribution in [0.2, 0.25) is 5.02 Å². The minimum Gasteiger partial charge on any atom is -0.489 e. The third-order valence-corrected chi connectivity index (χ3v) is 5.02. The summed E-state index contributed by atoms with van der Waals surface area (Å²) in [6, 6.07) is 9.68. The number of halogens is 1. The Bertz CT molecular complexity index is 756. The number of hydrogen-bond donors (Lipinski definition) is 0. The van der Waals surface area contributed by atoms with Gasteiger partial charge in [0.25, 0.3) is 5.91 Å². The van der Waals surface area contributed by atoms with Gasteiger partial charge in [0.15, 0.2) is 6.61 Å². The molecule has 3 rings (SSSR count). The minimum atomic E-state index is 0.00308. The van der Waals surface area contributed by atoms with Crippen molar-refractivity contribution in [2.75, 3.05) is 19.7 Å². The number of amides is 1. The molecule has 2 aromatic rings. The third-order valence-electron chi connectivity index (χ3n) is 4.73. The van der Waals surface area contributed by atoms with E-state index in [1.807, 2.05) is 29.2 Å². The highest BCUT2D eigenvalue weighted by atomic mass is 35.5. The van der Waals surface area contributed by atoms with Crippen molar-refractivity contribution in [3.05, 3.63) is 53.3 Å². The lowest BCUT2D eigenvalue weighted by molar-refractivity contribution is -0.135. The topological polar surface area (TPSA) is 51.7 Å². The molecule has 0 N–H and O–H groups in total. The van der Waals surface area contributed by atoms with Crippen LogP contribution >= 0.6 is 11.6 Å². The second-order valence-corrected chi connectivity index (χ2v) is 7.42. The quantitative estimate of drug-likeness (QED) is 0.740. The van der Waals surface area contributed by atoms with Gasteiger partial charge < -0.3 is 14.4 Å². The molecule has 144 valence electrons. The zero-order valence-corrected chi connectivity index (χ0v) is 16.5. The Kier molecular flexibility index (Phi) is 6.56. The van der Waals surface area contributed by atoms with Gasteiger partial charge in [0.2, 0.25) is 0 Å². The maximum absolute atomic E-state index is 12.4. The minimum absolute atomic E-state index is 0.00308. The molecule has 5 nitrogen and oxygen atoms in total. The van der Waals surface area contributed by atoms with Crippen molar-refractivity contribution in [3.63, 3.8) is 0 Å². The summed E-state index contributed by atoms with van der Waals surface area (Å²) in [5.74, 6) is 1.84. The molecular weight excluding hydrogens is 364 g/mol. The molecule has 0 saturated carbocycles. The van der Waals surface area contributed by atoms with Gasteiger partial charge in [0.05, 0.1) is 0 Å². The summed E-state index contributed by atoms with van der Waals surface area (Å²) >= 11 is 6.08. The lowest BCUT2D eigenvalue weighted by Gasteiger charge is -2.32. The molecular formula is C21H25ClN2O3. The van der Waals surface area contributed by atoms with E-state index in [0.29, 0.717) is 29.8 Å². The number of rotatable bonds is 6. The van der Waals surface area contributed by atoms with Crippen molar-refractivity contribution >= 4 is 17.5 Å². The molecule has 1 fully saturated rings. The van der Waals surface area contributed by atoms with Gasteiger partial charge in [-0.1, -0.05) is 37.6 Å². The van der Waals surface area contributed by atoms with Crippen LogP contribution in [0, 0.1) is 0 Å². The summed E-state index contributed by atoms with van der Waals surface area (Å²) in [4.78, 5) is 18.2. The first kappa shape index (κ1) is 19.5. The van der Waals surface area contributed by atoms with Crippen LogP contribution in [0.25, 0.3) is 0 Å². The highest BCUT2D eigenvalue weighted by Gasteiger charge is 2.24. The number of pyridine rings is 1. The summed E-state index contributed by atoms with van der Waals surface area (Å²) in [5.41, 5.74) is 1.25. The summed E-state index contributed by atoms with van der Waals surface area (Å²) < 4.78 is 11.6. The molecule has 0 spiro atoms. The SMILES string of the molecule is CC(C)c1ccc(OCC(=O)N2CCC(Oc3ccncc3Cl)CC2)cc1. The summed E-state index contributed by atoms with van der Waals surface area (Å²) in [6.45, 7) is 5.66. The first-order valence-corrected chi connectivity index (χ1v) is 9.67. The van der Waals surface area contributed by atoms with Gasteiger partial charge in [-0.3, -0.25) is 9.78 Å². The molecule has 27 heavy (non-hydrogen) atoms. The fourth-order valence-electron chi connectivity index (χ4n) is 3.05. The van der Waals surface area contributed by atoms with Crippen molar-refractivity contribution < 1.29 is 14.3 Å². The van der Waals surface area contributed by atoms with E-state index in [2.05, 4.69) is 18.8 Å². The number of likely N-dealkylation sites (tertiary alicyclic amines) is 1. The average molecular weight is 389 g/mol. The van der Waals surface area contributed by atoms with Gasteiger partial charge in [0.1, 0.15) is 22.6 Å². The van der Waals surface area contributed by atoms with E-state index in [-0.39, 0.29) is 18.6 Å². The van der Waals surface area contributed by atoms with Crippen LogP contribution < -0.4 is 9.47 Å². The number of nitrogens with zero attached hydrogens (tertiary/aromatic N) is 2. The van der Waals surface area contributed by atoms with Gasteiger partial charge >= 0.3 is 0 Å². The van der Waals surface area contributed by atoms with Crippen molar-refractivity contribution in [2.24, 2.45) is 0 Å². The monoisotopic (exact) mass is 388 g/mol. The summed E-state index contributed by atoms with van der Waals surface area (Å²) in [7, 11) is 0. The molecule has 6 heteroatoms. The van der Waals surface area contributed by atoms with Gasteiger partial charge in [-0.05, 0) is 23.6 Å². The Hall–Kier alpha value is -2.27. The van der Waals surface area contributed by atoms with Crippen LogP contribution in [-0.4, -0.2) is 41.6 Å². The normalized spacial score (nSPS) is 15.0.